The molecule has 1 aliphatic heterocycles. The van der Waals surface area contributed by atoms with Gasteiger partial charge in [0.15, 0.2) is 5.96 Å². The van der Waals surface area contributed by atoms with E-state index in [4.69, 9.17) is 9.47 Å². The average molecular weight is 255 g/mol. The van der Waals surface area contributed by atoms with Crippen LogP contribution >= 0.6 is 0 Å². The van der Waals surface area contributed by atoms with E-state index in [2.05, 4.69) is 15.6 Å². The lowest BCUT2D eigenvalue weighted by molar-refractivity contribution is -0.126. The van der Waals surface area contributed by atoms with Crippen LogP contribution in [0.15, 0.2) is 4.99 Å². The standard InChI is InChI=1S/C12H21N3O3/c1-17-8-7-13-11-14-10(16)12(15-11)5-3-9(18-2)4-6-12/h9H,3-8H2,1-2H3,(H2,13,14,15,16). The van der Waals surface area contributed by atoms with E-state index in [1.165, 1.54) is 0 Å². The predicted octanol–water partition coefficient (Wildman–Crippen LogP) is 0.0360. The van der Waals surface area contributed by atoms with Crippen LogP contribution in [0, 0.1) is 0 Å². The van der Waals surface area contributed by atoms with E-state index in [0.717, 1.165) is 25.7 Å². The molecule has 0 unspecified atom stereocenters. The molecular weight excluding hydrogens is 234 g/mol. The van der Waals surface area contributed by atoms with Gasteiger partial charge in [0, 0.05) is 14.2 Å². The van der Waals surface area contributed by atoms with Gasteiger partial charge in [0.25, 0.3) is 5.91 Å². The Morgan fingerprint density at radius 2 is 2.11 bits per heavy atom. The van der Waals surface area contributed by atoms with Crippen molar-refractivity contribution in [1.29, 1.82) is 0 Å². The van der Waals surface area contributed by atoms with E-state index in [0.29, 0.717) is 19.1 Å². The van der Waals surface area contributed by atoms with Crippen LogP contribution in [0.25, 0.3) is 0 Å². The molecule has 0 atom stereocenters. The van der Waals surface area contributed by atoms with E-state index >= 15 is 0 Å². The molecule has 2 fully saturated rings. The number of amides is 1. The number of aliphatic imine (C=N–C) groups is 1. The molecule has 1 heterocycles. The van der Waals surface area contributed by atoms with Gasteiger partial charge in [-0.3, -0.25) is 15.1 Å². The second-order valence-electron chi connectivity index (χ2n) is 4.82. The quantitative estimate of drug-likeness (QED) is 0.696. The molecule has 1 aliphatic carbocycles. The Kier molecular flexibility index (Phi) is 4.19. The first kappa shape index (κ1) is 13.3. The summed E-state index contributed by atoms with van der Waals surface area (Å²) in [5, 5.41) is 6.05. The Hall–Kier alpha value is -1.14. The van der Waals surface area contributed by atoms with Crippen LogP contribution in [0.4, 0.5) is 0 Å². The van der Waals surface area contributed by atoms with Gasteiger partial charge in [0.05, 0.1) is 19.3 Å². The normalized spacial score (nSPS) is 33.8. The van der Waals surface area contributed by atoms with Crippen LogP contribution < -0.4 is 10.6 Å². The van der Waals surface area contributed by atoms with Crippen LogP contribution in [-0.2, 0) is 14.3 Å². The van der Waals surface area contributed by atoms with Crippen molar-refractivity contribution < 1.29 is 14.3 Å². The van der Waals surface area contributed by atoms with Crippen LogP contribution in [-0.4, -0.2) is 50.9 Å². The predicted molar refractivity (Wildman–Crippen MR) is 67.5 cm³/mol. The summed E-state index contributed by atoms with van der Waals surface area (Å²) in [5.74, 6) is 0.612. The number of methoxy groups -OCH3 is 2. The highest BCUT2D eigenvalue weighted by atomic mass is 16.5. The Balaban J connectivity index is 1.95. The minimum Gasteiger partial charge on any atom is -0.383 e. The number of ether oxygens (including phenoxy) is 2. The zero-order valence-electron chi connectivity index (χ0n) is 11.0. The highest BCUT2D eigenvalue weighted by Crippen LogP contribution is 2.31. The molecule has 2 N–H and O–H groups in total. The fourth-order valence-electron chi connectivity index (χ4n) is 2.54. The Morgan fingerprint density at radius 3 is 2.72 bits per heavy atom. The molecule has 102 valence electrons. The van der Waals surface area contributed by atoms with Gasteiger partial charge in [-0.2, -0.15) is 0 Å². The molecular formula is C12H21N3O3. The topological polar surface area (TPSA) is 72.0 Å². The van der Waals surface area contributed by atoms with E-state index in [-0.39, 0.29) is 12.0 Å². The fourth-order valence-corrected chi connectivity index (χ4v) is 2.54. The highest BCUT2D eigenvalue weighted by molar-refractivity contribution is 6.09. The van der Waals surface area contributed by atoms with Crippen LogP contribution in [0.3, 0.4) is 0 Å². The maximum absolute atomic E-state index is 12.1. The second-order valence-corrected chi connectivity index (χ2v) is 4.82. The number of carbonyl (C=O) groups excluding carboxylic acids is 1. The summed E-state index contributed by atoms with van der Waals surface area (Å²) in [6.07, 6.45) is 3.67. The maximum Gasteiger partial charge on any atom is 0.252 e. The summed E-state index contributed by atoms with van der Waals surface area (Å²) in [4.78, 5) is 16.3. The van der Waals surface area contributed by atoms with E-state index < -0.39 is 5.54 Å². The molecule has 2 aliphatic rings. The number of hydrogen-bond donors (Lipinski definition) is 2. The molecule has 1 spiro atoms. The zero-order valence-corrected chi connectivity index (χ0v) is 11.0. The van der Waals surface area contributed by atoms with Crippen molar-refractivity contribution in [2.24, 2.45) is 4.99 Å². The minimum atomic E-state index is -0.471. The molecule has 6 nitrogen and oxygen atoms in total. The lowest BCUT2D eigenvalue weighted by Gasteiger charge is -2.34. The summed E-state index contributed by atoms with van der Waals surface area (Å²) >= 11 is 0. The van der Waals surface area contributed by atoms with Gasteiger partial charge >= 0.3 is 0 Å². The third-order valence-corrected chi connectivity index (χ3v) is 3.71. The second kappa shape index (κ2) is 5.67. The SMILES string of the molecule is COCCN=C1NC(=O)C2(CCC(OC)CC2)N1. The maximum atomic E-state index is 12.1. The average Bonchev–Trinajstić information content (AvgIpc) is 2.68. The largest absolute Gasteiger partial charge is 0.383 e. The van der Waals surface area contributed by atoms with Crippen molar-refractivity contribution in [3.8, 4) is 0 Å². The van der Waals surface area contributed by atoms with Crippen molar-refractivity contribution >= 4 is 11.9 Å². The van der Waals surface area contributed by atoms with Gasteiger partial charge in [0.1, 0.15) is 5.54 Å². The summed E-state index contributed by atoms with van der Waals surface area (Å²) in [7, 11) is 3.36. The van der Waals surface area contributed by atoms with Crippen molar-refractivity contribution in [1.82, 2.24) is 10.6 Å². The molecule has 0 aromatic rings. The highest BCUT2D eigenvalue weighted by Gasteiger charge is 2.47. The van der Waals surface area contributed by atoms with Crippen molar-refractivity contribution in [3.63, 3.8) is 0 Å². The van der Waals surface area contributed by atoms with Gasteiger partial charge in [-0.1, -0.05) is 0 Å². The first-order valence-electron chi connectivity index (χ1n) is 6.36. The lowest BCUT2D eigenvalue weighted by Crippen LogP contribution is -2.50. The number of carbonyl (C=O) groups is 1. The number of guanidine groups is 1. The number of hydrogen-bond acceptors (Lipinski definition) is 4. The smallest absolute Gasteiger partial charge is 0.252 e. The van der Waals surface area contributed by atoms with Gasteiger partial charge in [-0.25, -0.2) is 0 Å². The van der Waals surface area contributed by atoms with Crippen molar-refractivity contribution in [2.75, 3.05) is 27.4 Å². The van der Waals surface area contributed by atoms with Gasteiger partial charge in [0.2, 0.25) is 0 Å². The van der Waals surface area contributed by atoms with Gasteiger partial charge in [-0.05, 0) is 25.7 Å². The molecule has 6 heteroatoms. The Labute approximate surface area is 107 Å². The van der Waals surface area contributed by atoms with Crippen LogP contribution in [0.5, 0.6) is 0 Å². The lowest BCUT2D eigenvalue weighted by atomic mass is 9.80. The van der Waals surface area contributed by atoms with Crippen LogP contribution in [0.2, 0.25) is 0 Å². The Morgan fingerprint density at radius 1 is 1.39 bits per heavy atom. The minimum absolute atomic E-state index is 0.0354. The third kappa shape index (κ3) is 2.64. The first-order valence-corrected chi connectivity index (χ1v) is 6.36. The third-order valence-electron chi connectivity index (χ3n) is 3.71. The summed E-state index contributed by atoms with van der Waals surface area (Å²) in [5.41, 5.74) is -0.471. The van der Waals surface area contributed by atoms with E-state index in [1.807, 2.05) is 0 Å². The van der Waals surface area contributed by atoms with Gasteiger partial charge < -0.3 is 14.8 Å². The monoisotopic (exact) mass is 255 g/mol. The molecule has 0 aromatic carbocycles. The molecule has 1 amide bonds. The summed E-state index contributed by atoms with van der Waals surface area (Å²) < 4.78 is 10.3. The Bertz CT molecular complexity index is 335. The fraction of sp³-hybridized carbons (Fsp3) is 0.833. The molecule has 1 saturated heterocycles. The van der Waals surface area contributed by atoms with Crippen molar-refractivity contribution in [3.05, 3.63) is 0 Å². The zero-order chi connectivity index (χ0) is 13.0. The molecule has 0 radical (unpaired) electrons. The number of nitrogens with zero attached hydrogens (tertiary/aromatic N) is 1. The molecule has 0 bridgehead atoms. The first-order chi connectivity index (χ1) is 8.70. The molecule has 1 saturated carbocycles. The van der Waals surface area contributed by atoms with E-state index in [9.17, 15) is 4.79 Å². The van der Waals surface area contributed by atoms with Crippen molar-refractivity contribution in [2.45, 2.75) is 37.3 Å². The number of nitrogens with one attached hydrogen (secondary N) is 2. The molecule has 18 heavy (non-hydrogen) atoms. The summed E-state index contributed by atoms with van der Waals surface area (Å²) in [6.45, 7) is 1.11. The molecule has 0 aromatic heterocycles. The van der Waals surface area contributed by atoms with Crippen LogP contribution in [0.1, 0.15) is 25.7 Å². The van der Waals surface area contributed by atoms with Gasteiger partial charge in [-0.15, -0.1) is 0 Å². The summed E-state index contributed by atoms with van der Waals surface area (Å²) in [6, 6.07) is 0. The van der Waals surface area contributed by atoms with E-state index in [1.54, 1.807) is 14.2 Å². The molecule has 2 rings (SSSR count). The number of rotatable bonds is 4.